The van der Waals surface area contributed by atoms with Gasteiger partial charge in [0.25, 0.3) is 0 Å². The molecule has 0 aliphatic carbocycles. The van der Waals surface area contributed by atoms with Gasteiger partial charge in [-0.2, -0.15) is 0 Å². The highest BCUT2D eigenvalue weighted by molar-refractivity contribution is 7.91. The van der Waals surface area contributed by atoms with Crippen LogP contribution in [0.1, 0.15) is 0 Å². The van der Waals surface area contributed by atoms with Crippen LogP contribution in [0.15, 0.2) is 216 Å². The zero-order valence-corrected chi connectivity index (χ0v) is 28.7. The number of sulfone groups is 1. The first-order chi connectivity index (χ1) is 25.0. The second-order valence-electron chi connectivity index (χ2n) is 12.5. The minimum absolute atomic E-state index is 0.266. The summed E-state index contributed by atoms with van der Waals surface area (Å²) in [5, 5.41) is 0. The van der Waals surface area contributed by atoms with Crippen molar-refractivity contribution in [1.29, 1.82) is 0 Å². The fraction of sp³-hybridized carbons (Fsp3) is 0. The van der Waals surface area contributed by atoms with E-state index in [1.54, 1.807) is 24.3 Å². The van der Waals surface area contributed by atoms with Crippen LogP contribution in [0, 0.1) is 0 Å². The first kappa shape index (κ1) is 31.9. The summed E-state index contributed by atoms with van der Waals surface area (Å²) in [6, 6.07) is 68.8. The third kappa shape index (κ3) is 6.55. The fourth-order valence-corrected chi connectivity index (χ4v) is 7.95. The van der Waals surface area contributed by atoms with Crippen molar-refractivity contribution in [1.82, 2.24) is 0 Å². The lowest BCUT2D eigenvalue weighted by Crippen LogP contribution is -2.01. The van der Waals surface area contributed by atoms with Crippen molar-refractivity contribution in [3.63, 3.8) is 0 Å². The van der Waals surface area contributed by atoms with Gasteiger partial charge in [-0.25, -0.2) is 8.42 Å². The molecule has 0 N–H and O–H groups in total. The van der Waals surface area contributed by atoms with E-state index >= 15 is 0 Å². The van der Waals surface area contributed by atoms with E-state index in [-0.39, 0.29) is 9.79 Å². The third-order valence-corrected chi connectivity index (χ3v) is 11.2. The lowest BCUT2D eigenvalue weighted by molar-refractivity contribution is 0.596. The highest BCUT2D eigenvalue weighted by Crippen LogP contribution is 2.38. The Bertz CT molecular complexity index is 2350. The molecule has 0 aliphatic rings. The Balaban J connectivity index is 1.08. The molecule has 51 heavy (non-hydrogen) atoms. The minimum atomic E-state index is -3.72. The predicted molar refractivity (Wildman–Crippen MR) is 211 cm³/mol. The molecule has 0 saturated carbocycles. The van der Waals surface area contributed by atoms with Gasteiger partial charge in [0, 0.05) is 0 Å². The smallest absolute Gasteiger partial charge is 0.206 e. The Morgan fingerprint density at radius 2 is 0.510 bits per heavy atom. The molecule has 8 rings (SSSR count). The maximum absolute atomic E-state index is 13.8. The van der Waals surface area contributed by atoms with Crippen LogP contribution in [-0.2, 0) is 9.84 Å². The topological polar surface area (TPSA) is 34.1 Å². The van der Waals surface area contributed by atoms with Crippen LogP contribution in [0.5, 0.6) is 0 Å². The first-order valence-corrected chi connectivity index (χ1v) is 18.5. The third-order valence-electron chi connectivity index (χ3n) is 9.37. The summed E-state index contributed by atoms with van der Waals surface area (Å²) in [5.74, 6) is 0. The number of hydrogen-bond acceptors (Lipinski definition) is 2. The minimum Gasteiger partial charge on any atom is -0.219 e. The molecule has 2 nitrogen and oxygen atoms in total. The van der Waals surface area contributed by atoms with Crippen LogP contribution >= 0.6 is 0 Å². The summed E-state index contributed by atoms with van der Waals surface area (Å²) in [7, 11) is -3.72. The highest BCUT2D eigenvalue weighted by Gasteiger charge is 2.19. The summed E-state index contributed by atoms with van der Waals surface area (Å²) in [6.07, 6.45) is 0. The van der Waals surface area contributed by atoms with Crippen molar-refractivity contribution in [3.8, 4) is 66.8 Å². The van der Waals surface area contributed by atoms with Gasteiger partial charge in [0.1, 0.15) is 0 Å². The summed E-state index contributed by atoms with van der Waals surface area (Å²) >= 11 is 0. The van der Waals surface area contributed by atoms with Gasteiger partial charge in [-0.3, -0.25) is 0 Å². The predicted octanol–water partition coefficient (Wildman–Crippen LogP) is 12.5. The SMILES string of the molecule is O=S(=O)(c1ccc(-c2ccc(-c3ccccc3)c(-c3ccccc3)c2)cc1)c1ccc(-c2ccc(-c3ccccc3)c(-c3ccccc3)c2)cc1. The van der Waals surface area contributed by atoms with Gasteiger partial charge in [-0.15, -0.1) is 0 Å². The molecule has 0 heterocycles. The van der Waals surface area contributed by atoms with Gasteiger partial charge in [0.15, 0.2) is 0 Å². The van der Waals surface area contributed by atoms with Gasteiger partial charge in [0.2, 0.25) is 9.84 Å². The largest absolute Gasteiger partial charge is 0.219 e. The van der Waals surface area contributed by atoms with E-state index in [0.717, 1.165) is 66.8 Å². The van der Waals surface area contributed by atoms with Crippen LogP contribution in [-0.4, -0.2) is 8.42 Å². The zero-order valence-electron chi connectivity index (χ0n) is 27.9. The van der Waals surface area contributed by atoms with Gasteiger partial charge >= 0.3 is 0 Å². The molecule has 0 aliphatic heterocycles. The quantitative estimate of drug-likeness (QED) is 0.161. The van der Waals surface area contributed by atoms with Crippen molar-refractivity contribution in [2.45, 2.75) is 9.79 Å². The molecule has 8 aromatic rings. The second-order valence-corrected chi connectivity index (χ2v) is 14.5. The molecule has 0 fully saturated rings. The Labute approximate surface area is 299 Å². The summed E-state index contributed by atoms with van der Waals surface area (Å²) < 4.78 is 27.6. The van der Waals surface area contributed by atoms with Crippen LogP contribution < -0.4 is 0 Å². The average molecular weight is 675 g/mol. The number of benzene rings is 8. The Kier molecular flexibility index (Phi) is 8.71. The zero-order chi connectivity index (χ0) is 34.6. The van der Waals surface area contributed by atoms with E-state index in [4.69, 9.17) is 0 Å². The van der Waals surface area contributed by atoms with E-state index in [1.807, 2.05) is 72.8 Å². The molecule has 0 radical (unpaired) electrons. The van der Waals surface area contributed by atoms with E-state index < -0.39 is 9.84 Å². The molecule has 8 aromatic carbocycles. The molecule has 0 spiro atoms. The highest BCUT2D eigenvalue weighted by atomic mass is 32.2. The maximum Gasteiger partial charge on any atom is 0.206 e. The van der Waals surface area contributed by atoms with Crippen LogP contribution in [0.3, 0.4) is 0 Å². The molecule has 3 heteroatoms. The molecule has 0 atom stereocenters. The van der Waals surface area contributed by atoms with Crippen LogP contribution in [0.25, 0.3) is 66.8 Å². The van der Waals surface area contributed by atoms with E-state index in [9.17, 15) is 8.42 Å². The molecule has 0 aromatic heterocycles. The number of rotatable bonds is 8. The van der Waals surface area contributed by atoms with Gasteiger partial charge in [-0.05, 0) is 103 Å². The van der Waals surface area contributed by atoms with Crippen molar-refractivity contribution in [3.05, 3.63) is 206 Å². The van der Waals surface area contributed by atoms with Crippen molar-refractivity contribution in [2.75, 3.05) is 0 Å². The Hall–Kier alpha value is -6.29. The summed E-state index contributed by atoms with van der Waals surface area (Å²) in [5.41, 5.74) is 13.1. The molecule has 244 valence electrons. The monoisotopic (exact) mass is 674 g/mol. The summed E-state index contributed by atoms with van der Waals surface area (Å²) in [4.78, 5) is 0.531. The second kappa shape index (κ2) is 13.9. The van der Waals surface area contributed by atoms with E-state index in [0.29, 0.717) is 0 Å². The molecule has 0 unspecified atom stereocenters. The normalized spacial score (nSPS) is 11.3. The first-order valence-electron chi connectivity index (χ1n) is 17.0. The van der Waals surface area contributed by atoms with Gasteiger partial charge < -0.3 is 0 Å². The van der Waals surface area contributed by atoms with Crippen LogP contribution in [0.4, 0.5) is 0 Å². The van der Waals surface area contributed by atoms with Crippen molar-refractivity contribution < 1.29 is 8.42 Å². The van der Waals surface area contributed by atoms with E-state index in [1.165, 1.54) is 0 Å². The Morgan fingerprint density at radius 1 is 0.235 bits per heavy atom. The number of hydrogen-bond donors (Lipinski definition) is 0. The molecule has 0 saturated heterocycles. The van der Waals surface area contributed by atoms with Gasteiger partial charge in [-0.1, -0.05) is 170 Å². The molecular weight excluding hydrogens is 641 g/mol. The average Bonchev–Trinajstić information content (AvgIpc) is 3.22. The van der Waals surface area contributed by atoms with E-state index in [2.05, 4.69) is 109 Å². The molecular formula is C48H34O2S. The molecule has 0 bridgehead atoms. The van der Waals surface area contributed by atoms with Crippen LogP contribution in [0.2, 0.25) is 0 Å². The lowest BCUT2D eigenvalue weighted by Gasteiger charge is -2.14. The van der Waals surface area contributed by atoms with Crippen molar-refractivity contribution >= 4 is 9.84 Å². The standard InChI is InChI=1S/C48H34O2S/c49-51(50,43-27-21-35(22-28-43)41-25-31-45(37-13-5-1-6-14-37)47(33-41)39-17-9-3-10-18-39)44-29-23-36(24-30-44)42-26-32-46(38-15-7-2-8-16-38)48(34-42)40-19-11-4-12-20-40/h1-34H. The summed E-state index contributed by atoms with van der Waals surface area (Å²) in [6.45, 7) is 0. The fourth-order valence-electron chi connectivity index (χ4n) is 6.69. The lowest BCUT2D eigenvalue weighted by atomic mass is 9.91. The Morgan fingerprint density at radius 3 is 0.824 bits per heavy atom. The van der Waals surface area contributed by atoms with Gasteiger partial charge in [0.05, 0.1) is 9.79 Å². The maximum atomic E-state index is 13.8. The molecule has 0 amide bonds. The van der Waals surface area contributed by atoms with Crippen molar-refractivity contribution in [2.24, 2.45) is 0 Å².